The predicted octanol–water partition coefficient (Wildman–Crippen LogP) is 1.74. The maximum absolute atomic E-state index is 10.9. The number of carbonyl (C=O) groups excluding carboxylic acids is 2. The van der Waals surface area contributed by atoms with Crippen molar-refractivity contribution in [1.82, 2.24) is 0 Å². The highest BCUT2D eigenvalue weighted by atomic mass is 32.2. The molecule has 0 radical (unpaired) electrons. The molecule has 6 heteroatoms. The maximum Gasteiger partial charge on any atom is 0.509 e. The SMILES string of the molecule is COC(=O)CCCCC1SCC2OC(=O)OC21. The molecule has 5 nitrogen and oxygen atoms in total. The Morgan fingerprint density at radius 2 is 2.29 bits per heavy atom. The van der Waals surface area contributed by atoms with Crippen LogP contribution in [0.15, 0.2) is 0 Å². The van der Waals surface area contributed by atoms with Gasteiger partial charge in [-0.25, -0.2) is 4.79 Å². The van der Waals surface area contributed by atoms with Crippen LogP contribution in [0.1, 0.15) is 25.7 Å². The molecular formula is C11H16O5S. The number of rotatable bonds is 5. The van der Waals surface area contributed by atoms with Gasteiger partial charge < -0.3 is 14.2 Å². The summed E-state index contributed by atoms with van der Waals surface area (Å²) < 4.78 is 14.7. The third kappa shape index (κ3) is 3.06. The molecule has 2 aliphatic rings. The van der Waals surface area contributed by atoms with Crippen LogP contribution in [0.3, 0.4) is 0 Å². The summed E-state index contributed by atoms with van der Waals surface area (Å²) in [6.07, 6.45) is 2.45. The molecule has 0 spiro atoms. The summed E-state index contributed by atoms with van der Waals surface area (Å²) in [5.74, 6) is 0.649. The molecule has 0 amide bonds. The minimum atomic E-state index is -0.542. The summed E-state index contributed by atoms with van der Waals surface area (Å²) in [7, 11) is 1.40. The molecule has 3 unspecified atom stereocenters. The van der Waals surface area contributed by atoms with E-state index in [1.165, 1.54) is 7.11 Å². The molecule has 2 heterocycles. The first-order chi connectivity index (χ1) is 8.20. The Hall–Kier alpha value is -0.910. The summed E-state index contributed by atoms with van der Waals surface area (Å²) in [6, 6.07) is 0. The highest BCUT2D eigenvalue weighted by Gasteiger charge is 2.46. The van der Waals surface area contributed by atoms with E-state index in [2.05, 4.69) is 4.74 Å². The lowest BCUT2D eigenvalue weighted by molar-refractivity contribution is -0.140. The summed E-state index contributed by atoms with van der Waals surface area (Å²) in [6.45, 7) is 0. The second kappa shape index (κ2) is 5.62. The normalized spacial score (nSPS) is 30.6. The number of carbonyl (C=O) groups is 2. The molecule has 17 heavy (non-hydrogen) atoms. The van der Waals surface area contributed by atoms with Crippen molar-refractivity contribution in [2.24, 2.45) is 0 Å². The second-order valence-corrected chi connectivity index (χ2v) is 5.45. The molecule has 0 bridgehead atoms. The van der Waals surface area contributed by atoms with Crippen molar-refractivity contribution in [1.29, 1.82) is 0 Å². The van der Waals surface area contributed by atoms with Crippen LogP contribution in [0.5, 0.6) is 0 Å². The zero-order chi connectivity index (χ0) is 12.3. The molecule has 0 aromatic carbocycles. The minimum absolute atomic E-state index is 0.0712. The van der Waals surface area contributed by atoms with Gasteiger partial charge in [-0.15, -0.1) is 0 Å². The molecule has 0 aromatic rings. The molecule has 2 aliphatic heterocycles. The Labute approximate surface area is 104 Å². The highest BCUT2D eigenvalue weighted by molar-refractivity contribution is 8.00. The van der Waals surface area contributed by atoms with Crippen molar-refractivity contribution in [3.63, 3.8) is 0 Å². The van der Waals surface area contributed by atoms with Gasteiger partial charge in [0.15, 0.2) is 12.2 Å². The van der Waals surface area contributed by atoms with Gasteiger partial charge in [0, 0.05) is 17.4 Å². The zero-order valence-electron chi connectivity index (χ0n) is 9.72. The molecule has 2 rings (SSSR count). The summed E-state index contributed by atoms with van der Waals surface area (Å²) in [4.78, 5) is 21.9. The number of ether oxygens (including phenoxy) is 3. The number of unbranched alkanes of at least 4 members (excludes halogenated alkanes) is 1. The predicted molar refractivity (Wildman–Crippen MR) is 61.9 cm³/mol. The quantitative estimate of drug-likeness (QED) is 0.554. The Bertz CT molecular complexity index is 306. The van der Waals surface area contributed by atoms with Gasteiger partial charge in [0.25, 0.3) is 0 Å². The Balaban J connectivity index is 1.66. The molecule has 96 valence electrons. The topological polar surface area (TPSA) is 61.8 Å². The Morgan fingerprint density at radius 1 is 1.47 bits per heavy atom. The van der Waals surface area contributed by atoms with E-state index < -0.39 is 6.16 Å². The number of methoxy groups -OCH3 is 1. The first-order valence-electron chi connectivity index (χ1n) is 5.76. The molecule has 2 saturated heterocycles. The van der Waals surface area contributed by atoms with Crippen LogP contribution in [-0.4, -0.2) is 42.4 Å². The molecule has 0 aromatic heterocycles. The van der Waals surface area contributed by atoms with Crippen molar-refractivity contribution in [3.05, 3.63) is 0 Å². The molecule has 0 saturated carbocycles. The first-order valence-corrected chi connectivity index (χ1v) is 6.81. The number of esters is 1. The Kier molecular flexibility index (Phi) is 4.15. The van der Waals surface area contributed by atoms with Gasteiger partial charge in [-0.2, -0.15) is 11.8 Å². The third-order valence-corrected chi connectivity index (χ3v) is 4.49. The summed E-state index contributed by atoms with van der Waals surface area (Å²) in [5.41, 5.74) is 0. The van der Waals surface area contributed by atoms with Gasteiger partial charge in [0.2, 0.25) is 0 Å². The van der Waals surface area contributed by atoms with Crippen molar-refractivity contribution >= 4 is 23.9 Å². The van der Waals surface area contributed by atoms with Crippen molar-refractivity contribution in [2.75, 3.05) is 12.9 Å². The number of thioether (sulfide) groups is 1. The monoisotopic (exact) mass is 260 g/mol. The van der Waals surface area contributed by atoms with Gasteiger partial charge in [-0.3, -0.25) is 4.79 Å². The van der Waals surface area contributed by atoms with Crippen molar-refractivity contribution < 1.29 is 23.8 Å². The van der Waals surface area contributed by atoms with Crippen molar-refractivity contribution in [2.45, 2.75) is 43.1 Å². The smallest absolute Gasteiger partial charge is 0.469 e. The summed E-state index contributed by atoms with van der Waals surface area (Å²) >= 11 is 1.78. The lowest BCUT2D eigenvalue weighted by atomic mass is 10.1. The van der Waals surface area contributed by atoms with E-state index in [9.17, 15) is 9.59 Å². The van der Waals surface area contributed by atoms with Gasteiger partial charge >= 0.3 is 12.1 Å². The Morgan fingerprint density at radius 3 is 3.06 bits per heavy atom. The molecule has 3 atom stereocenters. The van der Waals surface area contributed by atoms with Crippen LogP contribution < -0.4 is 0 Å². The fraction of sp³-hybridized carbons (Fsp3) is 0.818. The molecule has 0 N–H and O–H groups in total. The van der Waals surface area contributed by atoms with Crippen molar-refractivity contribution in [3.8, 4) is 0 Å². The maximum atomic E-state index is 10.9. The van der Waals surface area contributed by atoms with E-state index in [0.717, 1.165) is 25.0 Å². The third-order valence-electron chi connectivity index (χ3n) is 3.03. The average Bonchev–Trinajstić information content (AvgIpc) is 2.84. The first kappa shape index (κ1) is 12.5. The minimum Gasteiger partial charge on any atom is -0.469 e. The fourth-order valence-corrected chi connectivity index (χ4v) is 3.58. The van der Waals surface area contributed by atoms with Gasteiger partial charge in [-0.05, 0) is 12.8 Å². The van der Waals surface area contributed by atoms with Gasteiger partial charge in [-0.1, -0.05) is 6.42 Å². The van der Waals surface area contributed by atoms with Crippen LogP contribution in [0, 0.1) is 0 Å². The number of hydrogen-bond acceptors (Lipinski definition) is 6. The van der Waals surface area contributed by atoms with E-state index in [1.54, 1.807) is 11.8 Å². The van der Waals surface area contributed by atoms with E-state index in [-0.39, 0.29) is 18.2 Å². The molecular weight excluding hydrogens is 244 g/mol. The van der Waals surface area contributed by atoms with Crippen LogP contribution >= 0.6 is 11.8 Å². The fourth-order valence-electron chi connectivity index (χ4n) is 2.13. The second-order valence-electron chi connectivity index (χ2n) is 4.18. The van der Waals surface area contributed by atoms with Gasteiger partial charge in [0.05, 0.1) is 7.11 Å². The zero-order valence-corrected chi connectivity index (χ0v) is 10.5. The highest BCUT2D eigenvalue weighted by Crippen LogP contribution is 2.38. The lowest BCUT2D eigenvalue weighted by Crippen LogP contribution is -2.26. The summed E-state index contributed by atoms with van der Waals surface area (Å²) in [5, 5.41) is 0.309. The van der Waals surface area contributed by atoms with Crippen LogP contribution in [0.4, 0.5) is 4.79 Å². The average molecular weight is 260 g/mol. The lowest BCUT2D eigenvalue weighted by Gasteiger charge is -2.13. The van der Waals surface area contributed by atoms with E-state index in [1.807, 2.05) is 0 Å². The standard InChI is InChI=1S/C11H16O5S/c1-14-9(12)5-3-2-4-8-10-7(6-17-8)15-11(13)16-10/h7-8,10H,2-6H2,1H3. The van der Waals surface area contributed by atoms with Gasteiger partial charge in [0.1, 0.15) is 0 Å². The number of fused-ring (bicyclic) bond motifs is 1. The van der Waals surface area contributed by atoms with E-state index >= 15 is 0 Å². The van der Waals surface area contributed by atoms with Crippen LogP contribution in [0.25, 0.3) is 0 Å². The van der Waals surface area contributed by atoms with Crippen LogP contribution in [-0.2, 0) is 19.0 Å². The molecule has 2 fully saturated rings. The largest absolute Gasteiger partial charge is 0.509 e. The molecule has 0 aliphatic carbocycles. The van der Waals surface area contributed by atoms with E-state index in [4.69, 9.17) is 9.47 Å². The number of hydrogen-bond donors (Lipinski definition) is 0. The van der Waals surface area contributed by atoms with E-state index in [0.29, 0.717) is 11.7 Å². The van der Waals surface area contributed by atoms with Crippen LogP contribution in [0.2, 0.25) is 0 Å².